The van der Waals surface area contributed by atoms with Gasteiger partial charge >= 0.3 is 0 Å². The Hall–Kier alpha value is -1.39. The van der Waals surface area contributed by atoms with E-state index in [2.05, 4.69) is 10.1 Å². The fraction of sp³-hybridized carbons (Fsp3) is 0.429. The molecule has 1 unspecified atom stereocenters. The highest BCUT2D eigenvalue weighted by Gasteiger charge is 2.22. The molecular formula is C14H16ClN3O. The molecule has 2 heterocycles. The largest absolute Gasteiger partial charge is 0.394 e. The smallest absolute Gasteiger partial charge is 0.155 e. The van der Waals surface area contributed by atoms with Crippen molar-refractivity contribution in [3.8, 4) is 0 Å². The summed E-state index contributed by atoms with van der Waals surface area (Å²) in [5.74, 6) is 1.81. The van der Waals surface area contributed by atoms with Gasteiger partial charge in [-0.3, -0.25) is 0 Å². The van der Waals surface area contributed by atoms with Crippen LogP contribution in [0.3, 0.4) is 0 Å². The van der Waals surface area contributed by atoms with Crippen LogP contribution in [0.15, 0.2) is 24.3 Å². The molecule has 0 saturated heterocycles. The van der Waals surface area contributed by atoms with Crippen molar-refractivity contribution >= 4 is 11.6 Å². The average molecular weight is 278 g/mol. The number of hydrogen-bond acceptors (Lipinski definition) is 3. The van der Waals surface area contributed by atoms with Crippen molar-refractivity contribution in [3.63, 3.8) is 0 Å². The first-order valence-corrected chi connectivity index (χ1v) is 6.93. The van der Waals surface area contributed by atoms with Crippen molar-refractivity contribution in [2.45, 2.75) is 31.7 Å². The van der Waals surface area contributed by atoms with Crippen LogP contribution in [-0.2, 0) is 12.8 Å². The van der Waals surface area contributed by atoms with E-state index in [0.29, 0.717) is 6.42 Å². The number of aliphatic hydroxyl groups is 1. The molecule has 19 heavy (non-hydrogen) atoms. The second-order valence-corrected chi connectivity index (χ2v) is 5.36. The molecule has 1 aromatic carbocycles. The average Bonchev–Trinajstić information content (AvgIpc) is 2.83. The third-order valence-corrected chi connectivity index (χ3v) is 3.77. The number of nitrogens with zero attached hydrogens (tertiary/aromatic N) is 3. The highest BCUT2D eigenvalue weighted by atomic mass is 35.5. The SMILES string of the molecule is OCC1CCCc2nc(Cc3ccc(Cl)cc3)nn21. The Morgan fingerprint density at radius 1 is 1.32 bits per heavy atom. The van der Waals surface area contributed by atoms with E-state index in [-0.39, 0.29) is 12.6 Å². The fourth-order valence-electron chi connectivity index (χ4n) is 2.51. The first-order chi connectivity index (χ1) is 9.26. The minimum absolute atomic E-state index is 0.0928. The molecule has 0 radical (unpaired) electrons. The summed E-state index contributed by atoms with van der Waals surface area (Å²) in [6.45, 7) is 0.136. The zero-order valence-electron chi connectivity index (χ0n) is 10.6. The summed E-state index contributed by atoms with van der Waals surface area (Å²) in [4.78, 5) is 4.57. The van der Waals surface area contributed by atoms with Crippen LogP contribution in [0.4, 0.5) is 0 Å². The quantitative estimate of drug-likeness (QED) is 0.937. The Labute approximate surface area is 117 Å². The minimum atomic E-state index is 0.0928. The number of rotatable bonds is 3. The topological polar surface area (TPSA) is 50.9 Å². The van der Waals surface area contributed by atoms with E-state index in [1.165, 1.54) is 0 Å². The van der Waals surface area contributed by atoms with E-state index in [4.69, 9.17) is 11.6 Å². The molecule has 0 saturated carbocycles. The lowest BCUT2D eigenvalue weighted by Crippen LogP contribution is -2.22. The van der Waals surface area contributed by atoms with Crippen molar-refractivity contribution in [1.82, 2.24) is 14.8 Å². The molecule has 1 aliphatic heterocycles. The molecule has 100 valence electrons. The molecule has 1 aromatic heterocycles. The van der Waals surface area contributed by atoms with Crippen LogP contribution in [0.25, 0.3) is 0 Å². The molecule has 0 amide bonds. The van der Waals surface area contributed by atoms with Crippen LogP contribution in [0.1, 0.15) is 36.1 Å². The number of aryl methyl sites for hydroxylation is 1. The van der Waals surface area contributed by atoms with E-state index in [0.717, 1.165) is 41.5 Å². The van der Waals surface area contributed by atoms with Gasteiger partial charge in [0, 0.05) is 17.9 Å². The Kier molecular flexibility index (Phi) is 3.53. The third-order valence-electron chi connectivity index (χ3n) is 3.52. The van der Waals surface area contributed by atoms with Gasteiger partial charge in [-0.05, 0) is 30.5 Å². The summed E-state index contributed by atoms with van der Waals surface area (Å²) >= 11 is 5.87. The monoisotopic (exact) mass is 277 g/mol. The lowest BCUT2D eigenvalue weighted by atomic mass is 10.1. The van der Waals surface area contributed by atoms with E-state index >= 15 is 0 Å². The van der Waals surface area contributed by atoms with E-state index in [1.807, 2.05) is 28.9 Å². The van der Waals surface area contributed by atoms with E-state index in [1.54, 1.807) is 0 Å². The van der Waals surface area contributed by atoms with Crippen molar-refractivity contribution in [2.75, 3.05) is 6.61 Å². The Bertz CT molecular complexity index is 565. The number of aromatic nitrogens is 3. The highest BCUT2D eigenvalue weighted by molar-refractivity contribution is 6.30. The zero-order chi connectivity index (χ0) is 13.2. The Balaban J connectivity index is 1.82. The second kappa shape index (κ2) is 5.31. The van der Waals surface area contributed by atoms with Crippen LogP contribution >= 0.6 is 11.6 Å². The number of hydrogen-bond donors (Lipinski definition) is 1. The maximum atomic E-state index is 9.36. The van der Waals surface area contributed by atoms with Crippen LogP contribution in [-0.4, -0.2) is 26.5 Å². The number of halogens is 1. The normalized spacial score (nSPS) is 18.3. The second-order valence-electron chi connectivity index (χ2n) is 4.92. The molecule has 0 aliphatic carbocycles. The number of aliphatic hydroxyl groups excluding tert-OH is 1. The maximum absolute atomic E-state index is 9.36. The Morgan fingerprint density at radius 2 is 2.11 bits per heavy atom. The summed E-state index contributed by atoms with van der Waals surface area (Å²) in [6.07, 6.45) is 3.71. The van der Waals surface area contributed by atoms with Gasteiger partial charge in [0.05, 0.1) is 12.6 Å². The Morgan fingerprint density at radius 3 is 2.84 bits per heavy atom. The van der Waals surface area contributed by atoms with Gasteiger partial charge in [-0.1, -0.05) is 23.7 Å². The fourth-order valence-corrected chi connectivity index (χ4v) is 2.64. The molecule has 1 atom stereocenters. The van der Waals surface area contributed by atoms with Gasteiger partial charge in [-0.25, -0.2) is 9.67 Å². The molecule has 4 nitrogen and oxygen atoms in total. The summed E-state index contributed by atoms with van der Waals surface area (Å²) in [5, 5.41) is 14.6. The molecular weight excluding hydrogens is 262 g/mol. The van der Waals surface area contributed by atoms with Gasteiger partial charge in [0.25, 0.3) is 0 Å². The molecule has 5 heteroatoms. The van der Waals surface area contributed by atoms with Gasteiger partial charge in [0.2, 0.25) is 0 Å². The van der Waals surface area contributed by atoms with Crippen LogP contribution in [0.2, 0.25) is 5.02 Å². The van der Waals surface area contributed by atoms with Gasteiger partial charge in [0.15, 0.2) is 5.82 Å². The maximum Gasteiger partial charge on any atom is 0.155 e. The van der Waals surface area contributed by atoms with Crippen LogP contribution in [0, 0.1) is 0 Å². The molecule has 0 bridgehead atoms. The minimum Gasteiger partial charge on any atom is -0.394 e. The molecule has 0 spiro atoms. The molecule has 2 aromatic rings. The predicted molar refractivity (Wildman–Crippen MR) is 73.3 cm³/mol. The van der Waals surface area contributed by atoms with Crippen LogP contribution in [0.5, 0.6) is 0 Å². The van der Waals surface area contributed by atoms with Crippen LogP contribution < -0.4 is 0 Å². The van der Waals surface area contributed by atoms with Crippen molar-refractivity contribution in [2.24, 2.45) is 0 Å². The first kappa shape index (κ1) is 12.6. The highest BCUT2D eigenvalue weighted by Crippen LogP contribution is 2.23. The standard InChI is InChI=1S/C14H16ClN3O/c15-11-6-4-10(5-7-11)8-13-16-14-3-1-2-12(9-19)18(14)17-13/h4-7,12,19H,1-3,8-9H2. The molecule has 1 aliphatic rings. The summed E-state index contributed by atoms with van der Waals surface area (Å²) in [7, 11) is 0. The number of benzene rings is 1. The van der Waals surface area contributed by atoms with Gasteiger partial charge in [-0.15, -0.1) is 0 Å². The zero-order valence-corrected chi connectivity index (χ0v) is 11.3. The lowest BCUT2D eigenvalue weighted by Gasteiger charge is -2.20. The molecule has 1 N–H and O–H groups in total. The lowest BCUT2D eigenvalue weighted by molar-refractivity contribution is 0.195. The van der Waals surface area contributed by atoms with E-state index in [9.17, 15) is 5.11 Å². The summed E-state index contributed by atoms with van der Waals surface area (Å²) in [6, 6.07) is 7.83. The molecule has 3 rings (SSSR count). The van der Waals surface area contributed by atoms with Crippen molar-refractivity contribution in [1.29, 1.82) is 0 Å². The van der Waals surface area contributed by atoms with Crippen molar-refractivity contribution in [3.05, 3.63) is 46.5 Å². The van der Waals surface area contributed by atoms with E-state index < -0.39 is 0 Å². The van der Waals surface area contributed by atoms with Crippen molar-refractivity contribution < 1.29 is 5.11 Å². The molecule has 0 fully saturated rings. The summed E-state index contributed by atoms with van der Waals surface area (Å²) in [5.41, 5.74) is 1.15. The van der Waals surface area contributed by atoms with Gasteiger partial charge in [0.1, 0.15) is 5.82 Å². The third kappa shape index (κ3) is 2.65. The predicted octanol–water partition coefficient (Wildman–Crippen LogP) is 2.39. The van der Waals surface area contributed by atoms with Gasteiger partial charge < -0.3 is 5.11 Å². The summed E-state index contributed by atoms with van der Waals surface area (Å²) < 4.78 is 1.90. The first-order valence-electron chi connectivity index (χ1n) is 6.56. The number of fused-ring (bicyclic) bond motifs is 1. The van der Waals surface area contributed by atoms with Gasteiger partial charge in [-0.2, -0.15) is 5.10 Å².